The van der Waals surface area contributed by atoms with Gasteiger partial charge in [-0.05, 0) is 87.3 Å². The quantitative estimate of drug-likeness (QED) is 0.787. The van der Waals surface area contributed by atoms with Crippen LogP contribution in [-0.2, 0) is 13.1 Å². The molecule has 2 aliphatic rings. The first-order valence-corrected chi connectivity index (χ1v) is 10.8. The maximum atomic E-state index is 10.4. The Hall–Kier alpha value is -2.04. The fraction of sp³-hybridized carbons (Fsp3) is 0.500. The highest BCUT2D eigenvalue weighted by molar-refractivity contribution is 5.67. The second-order valence-corrected chi connectivity index (χ2v) is 8.36. The first kappa shape index (κ1) is 19.3. The summed E-state index contributed by atoms with van der Waals surface area (Å²) in [6, 6.07) is 11.8. The summed E-state index contributed by atoms with van der Waals surface area (Å²) in [5, 5.41) is 20.7. The van der Waals surface area contributed by atoms with E-state index in [9.17, 15) is 10.2 Å². The predicted molar refractivity (Wildman–Crippen MR) is 113 cm³/mol. The van der Waals surface area contributed by atoms with Crippen LogP contribution >= 0.6 is 0 Å². The van der Waals surface area contributed by atoms with Gasteiger partial charge in [0.1, 0.15) is 11.5 Å². The van der Waals surface area contributed by atoms with Gasteiger partial charge in [-0.3, -0.25) is 9.80 Å². The minimum atomic E-state index is 0.377. The predicted octanol–water partition coefficient (Wildman–Crippen LogP) is 4.74. The molecule has 4 nitrogen and oxygen atoms in total. The standard InChI is InChI=1S/C24H32N2O2/c27-23-9-7-19(15-21(23)17-25-11-3-1-4-12-25)20-8-10-24(28)22(16-20)18-26-13-5-2-6-14-26/h7-10,15-16,27-28H,1-6,11-14,17-18H2. The maximum Gasteiger partial charge on any atom is 0.120 e. The number of nitrogens with zero attached hydrogens (tertiary/aromatic N) is 2. The van der Waals surface area contributed by atoms with Gasteiger partial charge in [-0.2, -0.15) is 0 Å². The van der Waals surface area contributed by atoms with Gasteiger partial charge in [-0.15, -0.1) is 0 Å². The highest BCUT2D eigenvalue weighted by atomic mass is 16.3. The summed E-state index contributed by atoms with van der Waals surface area (Å²) in [6.45, 7) is 6.06. The number of phenols is 2. The Morgan fingerprint density at radius 2 is 0.964 bits per heavy atom. The Balaban J connectivity index is 1.54. The lowest BCUT2D eigenvalue weighted by atomic mass is 9.99. The van der Waals surface area contributed by atoms with Gasteiger partial charge in [0.2, 0.25) is 0 Å². The third-order valence-electron chi connectivity index (χ3n) is 6.18. The van der Waals surface area contributed by atoms with Crippen molar-refractivity contribution in [3.63, 3.8) is 0 Å². The summed E-state index contributed by atoms with van der Waals surface area (Å²) in [7, 11) is 0. The molecule has 0 radical (unpaired) electrons. The van der Waals surface area contributed by atoms with Gasteiger partial charge in [-0.25, -0.2) is 0 Å². The van der Waals surface area contributed by atoms with Gasteiger partial charge < -0.3 is 10.2 Å². The molecule has 2 aromatic carbocycles. The Morgan fingerprint density at radius 1 is 0.571 bits per heavy atom. The van der Waals surface area contributed by atoms with Crippen LogP contribution in [0.25, 0.3) is 11.1 Å². The van der Waals surface area contributed by atoms with E-state index in [1.165, 1.54) is 38.5 Å². The summed E-state index contributed by atoms with van der Waals surface area (Å²) < 4.78 is 0. The van der Waals surface area contributed by atoms with Crippen molar-refractivity contribution in [1.82, 2.24) is 9.80 Å². The first-order chi connectivity index (χ1) is 13.7. The van der Waals surface area contributed by atoms with Crippen molar-refractivity contribution < 1.29 is 10.2 Å². The third kappa shape index (κ3) is 4.68. The number of phenolic OH excluding ortho intramolecular Hbond substituents is 2. The topological polar surface area (TPSA) is 46.9 Å². The molecule has 150 valence electrons. The highest BCUT2D eigenvalue weighted by Gasteiger charge is 2.15. The number of likely N-dealkylation sites (tertiary alicyclic amines) is 2. The normalized spacial score (nSPS) is 19.0. The highest BCUT2D eigenvalue weighted by Crippen LogP contribution is 2.31. The minimum Gasteiger partial charge on any atom is -0.508 e. The number of benzene rings is 2. The molecule has 0 unspecified atom stereocenters. The van der Waals surface area contributed by atoms with Crippen molar-refractivity contribution in [1.29, 1.82) is 0 Å². The molecule has 0 bridgehead atoms. The van der Waals surface area contributed by atoms with E-state index in [1.54, 1.807) is 0 Å². The zero-order valence-corrected chi connectivity index (χ0v) is 16.7. The molecule has 0 spiro atoms. The first-order valence-electron chi connectivity index (χ1n) is 10.8. The fourth-order valence-electron chi connectivity index (χ4n) is 4.50. The van der Waals surface area contributed by atoms with Gasteiger partial charge in [0.25, 0.3) is 0 Å². The van der Waals surface area contributed by atoms with E-state index in [0.29, 0.717) is 11.5 Å². The molecule has 28 heavy (non-hydrogen) atoms. The molecule has 0 amide bonds. The molecule has 2 aromatic rings. The Bertz CT molecular complexity index is 726. The van der Waals surface area contributed by atoms with Gasteiger partial charge in [-0.1, -0.05) is 25.0 Å². The largest absolute Gasteiger partial charge is 0.508 e. The van der Waals surface area contributed by atoms with E-state index in [2.05, 4.69) is 21.9 Å². The average Bonchev–Trinajstić information content (AvgIpc) is 2.73. The lowest BCUT2D eigenvalue weighted by Gasteiger charge is -2.27. The Labute approximate surface area is 168 Å². The minimum absolute atomic E-state index is 0.377. The number of hydrogen-bond donors (Lipinski definition) is 2. The Morgan fingerprint density at radius 3 is 1.36 bits per heavy atom. The zero-order valence-electron chi connectivity index (χ0n) is 16.7. The van der Waals surface area contributed by atoms with Gasteiger partial charge in [0, 0.05) is 24.2 Å². The van der Waals surface area contributed by atoms with Crippen LogP contribution in [0.5, 0.6) is 11.5 Å². The average molecular weight is 381 g/mol. The Kier molecular flexibility index (Phi) is 6.18. The van der Waals surface area contributed by atoms with Gasteiger partial charge >= 0.3 is 0 Å². The van der Waals surface area contributed by atoms with Crippen LogP contribution in [0.1, 0.15) is 49.7 Å². The molecule has 2 aliphatic heterocycles. The second kappa shape index (κ2) is 8.97. The van der Waals surface area contributed by atoms with E-state index < -0.39 is 0 Å². The van der Waals surface area contributed by atoms with Crippen LogP contribution in [0.4, 0.5) is 0 Å². The lowest BCUT2D eigenvalue weighted by molar-refractivity contribution is 0.218. The van der Waals surface area contributed by atoms with Crippen LogP contribution in [0, 0.1) is 0 Å². The van der Waals surface area contributed by atoms with E-state index >= 15 is 0 Å². The summed E-state index contributed by atoms with van der Waals surface area (Å²) in [5.74, 6) is 0.753. The second-order valence-electron chi connectivity index (χ2n) is 8.36. The van der Waals surface area contributed by atoms with Crippen LogP contribution in [-0.4, -0.2) is 46.2 Å². The van der Waals surface area contributed by atoms with Gasteiger partial charge in [0.05, 0.1) is 0 Å². The monoisotopic (exact) mass is 380 g/mol. The van der Waals surface area contributed by atoms with E-state index in [4.69, 9.17) is 0 Å². The number of piperidine rings is 2. The summed E-state index contributed by atoms with van der Waals surface area (Å²) in [4.78, 5) is 4.86. The van der Waals surface area contributed by atoms with Crippen LogP contribution in [0.2, 0.25) is 0 Å². The van der Waals surface area contributed by atoms with Crippen molar-refractivity contribution in [2.24, 2.45) is 0 Å². The van der Waals surface area contributed by atoms with Crippen LogP contribution in [0.3, 0.4) is 0 Å². The molecule has 0 atom stereocenters. The molecule has 2 heterocycles. The molecule has 4 heteroatoms. The maximum absolute atomic E-state index is 10.4. The smallest absolute Gasteiger partial charge is 0.120 e. The van der Waals surface area contributed by atoms with Crippen LogP contribution < -0.4 is 0 Å². The van der Waals surface area contributed by atoms with Crippen molar-refractivity contribution in [2.75, 3.05) is 26.2 Å². The molecular weight excluding hydrogens is 348 g/mol. The zero-order chi connectivity index (χ0) is 19.3. The molecule has 0 aromatic heterocycles. The molecule has 4 rings (SSSR count). The summed E-state index contributed by atoms with van der Waals surface area (Å²) in [6.07, 6.45) is 7.62. The molecule has 0 saturated carbocycles. The SMILES string of the molecule is Oc1ccc(-c2ccc(O)c(CN3CCCCC3)c2)cc1CN1CCCCC1. The fourth-order valence-corrected chi connectivity index (χ4v) is 4.50. The number of rotatable bonds is 5. The molecule has 0 aliphatic carbocycles. The summed E-state index contributed by atoms with van der Waals surface area (Å²) >= 11 is 0. The third-order valence-corrected chi connectivity index (χ3v) is 6.18. The number of aromatic hydroxyl groups is 2. The van der Waals surface area contributed by atoms with E-state index in [1.807, 2.05) is 24.3 Å². The van der Waals surface area contributed by atoms with Crippen molar-refractivity contribution >= 4 is 0 Å². The van der Waals surface area contributed by atoms with Crippen molar-refractivity contribution in [3.8, 4) is 22.6 Å². The molecular formula is C24H32N2O2. The molecule has 2 saturated heterocycles. The van der Waals surface area contributed by atoms with Crippen LogP contribution in [0.15, 0.2) is 36.4 Å². The van der Waals surface area contributed by atoms with E-state index in [-0.39, 0.29) is 0 Å². The van der Waals surface area contributed by atoms with Crippen molar-refractivity contribution in [3.05, 3.63) is 47.5 Å². The van der Waals surface area contributed by atoms with Gasteiger partial charge in [0.15, 0.2) is 0 Å². The lowest BCUT2D eigenvalue weighted by Crippen LogP contribution is -2.29. The molecule has 2 fully saturated rings. The summed E-state index contributed by atoms with van der Waals surface area (Å²) in [5.41, 5.74) is 4.18. The van der Waals surface area contributed by atoms with Crippen molar-refractivity contribution in [2.45, 2.75) is 51.6 Å². The van der Waals surface area contributed by atoms with E-state index in [0.717, 1.165) is 61.5 Å². The molecule has 2 N–H and O–H groups in total. The number of hydrogen-bond acceptors (Lipinski definition) is 4.